The maximum Gasteiger partial charge on any atom is 0.0578 e. The number of halogens is 1. The zero-order valence-corrected chi connectivity index (χ0v) is 11.6. The van der Waals surface area contributed by atoms with Crippen LogP contribution >= 0.6 is 11.6 Å². The molecule has 0 fully saturated rings. The lowest BCUT2D eigenvalue weighted by Crippen LogP contribution is -2.00. The summed E-state index contributed by atoms with van der Waals surface area (Å²) in [6.07, 6.45) is 0. The van der Waals surface area contributed by atoms with Gasteiger partial charge in [-0.05, 0) is 36.2 Å². The monoisotopic (exact) mass is 279 g/mol. The van der Waals surface area contributed by atoms with Crippen molar-refractivity contribution in [2.24, 2.45) is 0 Å². The molecule has 0 aliphatic carbocycles. The first-order valence-electron chi connectivity index (χ1n) is 5.56. The van der Waals surface area contributed by atoms with Gasteiger partial charge in [-0.1, -0.05) is 35.9 Å². The number of rotatable bonds is 3. The lowest BCUT2D eigenvalue weighted by molar-refractivity contribution is 0.682. The normalized spacial score (nSPS) is 12.3. The number of anilines is 1. The first kappa shape index (κ1) is 13.1. The van der Waals surface area contributed by atoms with Crippen molar-refractivity contribution in [1.82, 2.24) is 0 Å². The summed E-state index contributed by atoms with van der Waals surface area (Å²) in [5, 5.41) is 0.646. The highest BCUT2D eigenvalue weighted by atomic mass is 35.5. The van der Waals surface area contributed by atoms with Crippen LogP contribution in [0, 0.1) is 6.92 Å². The maximum atomic E-state index is 12.3. The van der Waals surface area contributed by atoms with Crippen molar-refractivity contribution in [3.8, 4) is 0 Å². The van der Waals surface area contributed by atoms with Gasteiger partial charge >= 0.3 is 0 Å². The summed E-state index contributed by atoms with van der Waals surface area (Å²) in [6, 6.07) is 12.9. The van der Waals surface area contributed by atoms with Gasteiger partial charge in [0.1, 0.15) is 0 Å². The molecule has 0 saturated heterocycles. The Balaban J connectivity index is 2.28. The largest absolute Gasteiger partial charge is 0.399 e. The van der Waals surface area contributed by atoms with Crippen LogP contribution in [0.3, 0.4) is 0 Å². The molecule has 0 heterocycles. The molecule has 2 aromatic carbocycles. The van der Waals surface area contributed by atoms with E-state index in [0.29, 0.717) is 16.5 Å². The Labute approximate surface area is 114 Å². The zero-order valence-electron chi connectivity index (χ0n) is 10.0. The second-order valence-corrected chi connectivity index (χ2v) is 5.93. The third-order valence-corrected chi connectivity index (χ3v) is 4.57. The first-order valence-corrected chi connectivity index (χ1v) is 7.25. The lowest BCUT2D eigenvalue weighted by atomic mass is 10.2. The Morgan fingerprint density at radius 2 is 1.94 bits per heavy atom. The molecule has 0 aliphatic heterocycles. The minimum atomic E-state index is -1.13. The van der Waals surface area contributed by atoms with Gasteiger partial charge in [0.2, 0.25) is 0 Å². The number of hydrogen-bond donors (Lipinski definition) is 1. The molecule has 2 N–H and O–H groups in total. The third-order valence-electron chi connectivity index (χ3n) is 2.70. The Bertz CT molecular complexity index is 598. The molecule has 18 heavy (non-hydrogen) atoms. The maximum absolute atomic E-state index is 12.3. The van der Waals surface area contributed by atoms with Gasteiger partial charge in [-0.2, -0.15) is 0 Å². The summed E-state index contributed by atoms with van der Waals surface area (Å²) in [4.78, 5) is 0.773. The van der Waals surface area contributed by atoms with Crippen molar-refractivity contribution in [2.75, 3.05) is 5.73 Å². The van der Waals surface area contributed by atoms with E-state index in [2.05, 4.69) is 0 Å². The van der Waals surface area contributed by atoms with Gasteiger partial charge in [0.15, 0.2) is 0 Å². The van der Waals surface area contributed by atoms with E-state index >= 15 is 0 Å². The average molecular weight is 280 g/mol. The van der Waals surface area contributed by atoms with E-state index in [1.165, 1.54) is 0 Å². The number of benzene rings is 2. The Kier molecular flexibility index (Phi) is 4.04. The van der Waals surface area contributed by atoms with E-state index in [4.69, 9.17) is 17.3 Å². The minimum Gasteiger partial charge on any atom is -0.399 e. The topological polar surface area (TPSA) is 43.1 Å². The lowest BCUT2D eigenvalue weighted by Gasteiger charge is -2.08. The molecule has 0 spiro atoms. The van der Waals surface area contributed by atoms with E-state index in [1.54, 1.807) is 12.1 Å². The molecule has 94 valence electrons. The van der Waals surface area contributed by atoms with Crippen LogP contribution in [0.4, 0.5) is 5.69 Å². The Morgan fingerprint density at radius 1 is 1.22 bits per heavy atom. The number of hydrogen-bond acceptors (Lipinski definition) is 2. The van der Waals surface area contributed by atoms with Gasteiger partial charge in [0.05, 0.1) is 16.6 Å². The van der Waals surface area contributed by atoms with Crippen molar-refractivity contribution in [3.63, 3.8) is 0 Å². The van der Waals surface area contributed by atoms with Crippen molar-refractivity contribution < 1.29 is 4.21 Å². The number of nitrogen functional groups attached to an aromatic ring is 1. The summed E-state index contributed by atoms with van der Waals surface area (Å²) in [7, 11) is -1.13. The fourth-order valence-electron chi connectivity index (χ4n) is 1.70. The highest BCUT2D eigenvalue weighted by molar-refractivity contribution is 7.84. The summed E-state index contributed by atoms with van der Waals surface area (Å²) in [5.74, 6) is 0.407. The molecular formula is C14H14ClNOS. The van der Waals surface area contributed by atoms with Crippen LogP contribution in [0.1, 0.15) is 11.1 Å². The average Bonchev–Trinajstić information content (AvgIpc) is 2.35. The van der Waals surface area contributed by atoms with Crippen LogP contribution in [0.15, 0.2) is 47.4 Å². The number of aryl methyl sites for hydroxylation is 1. The Morgan fingerprint density at radius 3 is 2.67 bits per heavy atom. The van der Waals surface area contributed by atoms with Crippen molar-refractivity contribution in [2.45, 2.75) is 17.6 Å². The second-order valence-electron chi connectivity index (χ2n) is 4.11. The fourth-order valence-corrected chi connectivity index (χ4v) is 3.36. The summed E-state index contributed by atoms with van der Waals surface area (Å²) in [5.41, 5.74) is 8.23. The van der Waals surface area contributed by atoms with Gasteiger partial charge in [0.25, 0.3) is 0 Å². The molecule has 0 aromatic heterocycles. The van der Waals surface area contributed by atoms with Crippen molar-refractivity contribution >= 4 is 28.1 Å². The van der Waals surface area contributed by atoms with E-state index in [-0.39, 0.29) is 0 Å². The molecule has 2 rings (SSSR count). The van der Waals surface area contributed by atoms with Gasteiger partial charge in [0, 0.05) is 15.6 Å². The summed E-state index contributed by atoms with van der Waals surface area (Å²) < 4.78 is 12.3. The number of nitrogens with two attached hydrogens (primary N) is 1. The first-order chi connectivity index (χ1) is 8.58. The molecule has 0 aliphatic rings. The van der Waals surface area contributed by atoms with Crippen LogP contribution in [-0.2, 0) is 16.6 Å². The SMILES string of the molecule is Cc1ccc(N)cc1S(=O)Cc1ccccc1Cl. The van der Waals surface area contributed by atoms with Crippen LogP contribution < -0.4 is 5.73 Å². The van der Waals surface area contributed by atoms with E-state index in [0.717, 1.165) is 16.0 Å². The van der Waals surface area contributed by atoms with Gasteiger partial charge in [-0.15, -0.1) is 0 Å². The molecule has 2 nitrogen and oxygen atoms in total. The van der Waals surface area contributed by atoms with Gasteiger partial charge < -0.3 is 5.73 Å². The fraction of sp³-hybridized carbons (Fsp3) is 0.143. The summed E-state index contributed by atoms with van der Waals surface area (Å²) in [6.45, 7) is 1.93. The molecule has 0 saturated carbocycles. The predicted molar refractivity (Wildman–Crippen MR) is 77.2 cm³/mol. The van der Waals surface area contributed by atoms with Gasteiger partial charge in [-0.3, -0.25) is 4.21 Å². The molecule has 1 unspecified atom stereocenters. The van der Waals surface area contributed by atoms with Crippen molar-refractivity contribution in [3.05, 3.63) is 58.6 Å². The van der Waals surface area contributed by atoms with Crippen LogP contribution in [-0.4, -0.2) is 4.21 Å². The highest BCUT2D eigenvalue weighted by Gasteiger charge is 2.10. The quantitative estimate of drug-likeness (QED) is 0.874. The second kappa shape index (κ2) is 5.55. The molecule has 4 heteroatoms. The van der Waals surface area contributed by atoms with Crippen LogP contribution in [0.2, 0.25) is 5.02 Å². The highest BCUT2D eigenvalue weighted by Crippen LogP contribution is 2.22. The third kappa shape index (κ3) is 2.92. The van der Waals surface area contributed by atoms with E-state index < -0.39 is 10.8 Å². The van der Waals surface area contributed by atoms with Gasteiger partial charge in [-0.25, -0.2) is 0 Å². The standard InChI is InChI=1S/C14H14ClNOS/c1-10-6-7-12(16)8-14(10)18(17)9-11-4-2-3-5-13(11)15/h2-8H,9,16H2,1H3. The van der Waals surface area contributed by atoms with E-state index in [1.807, 2.05) is 37.3 Å². The zero-order chi connectivity index (χ0) is 13.1. The molecular weight excluding hydrogens is 266 g/mol. The smallest absolute Gasteiger partial charge is 0.0578 e. The molecule has 2 aromatic rings. The van der Waals surface area contributed by atoms with Crippen LogP contribution in [0.25, 0.3) is 0 Å². The molecule has 0 bridgehead atoms. The Hall–Kier alpha value is -1.32. The molecule has 0 radical (unpaired) electrons. The molecule has 0 amide bonds. The van der Waals surface area contributed by atoms with Crippen LogP contribution in [0.5, 0.6) is 0 Å². The molecule has 1 atom stereocenters. The summed E-state index contributed by atoms with van der Waals surface area (Å²) >= 11 is 6.07. The minimum absolute atomic E-state index is 0.407. The van der Waals surface area contributed by atoms with Crippen molar-refractivity contribution in [1.29, 1.82) is 0 Å². The predicted octanol–water partition coefficient (Wildman–Crippen LogP) is 3.54. The van der Waals surface area contributed by atoms with E-state index in [9.17, 15) is 4.21 Å².